The van der Waals surface area contributed by atoms with Crippen LogP contribution in [0.1, 0.15) is 30.8 Å². The molecule has 2 N–H and O–H groups in total. The number of aliphatic hydroxyl groups excluding tert-OH is 1. The molecule has 2 aromatic rings. The first kappa shape index (κ1) is 14.3. The number of rotatable bonds is 2. The van der Waals surface area contributed by atoms with E-state index in [0.29, 0.717) is 17.3 Å². The number of amides is 1. The Bertz CT molecular complexity index is 714. The van der Waals surface area contributed by atoms with E-state index < -0.39 is 0 Å². The van der Waals surface area contributed by atoms with E-state index in [1.165, 1.54) is 0 Å². The second-order valence-corrected chi connectivity index (χ2v) is 6.48. The minimum atomic E-state index is -0.379. The lowest BCUT2D eigenvalue weighted by Gasteiger charge is -2.49. The summed E-state index contributed by atoms with van der Waals surface area (Å²) in [6.07, 6.45) is 0.191. The molecule has 1 aliphatic carbocycles. The van der Waals surface area contributed by atoms with Gasteiger partial charge in [0.1, 0.15) is 10.8 Å². The molecule has 1 saturated carbocycles. The van der Waals surface area contributed by atoms with Crippen molar-refractivity contribution in [3.8, 4) is 0 Å². The van der Waals surface area contributed by atoms with Crippen molar-refractivity contribution in [3.05, 3.63) is 41.2 Å². The molecule has 0 bridgehead atoms. The highest BCUT2D eigenvalue weighted by Crippen LogP contribution is 2.40. The molecule has 0 aliphatic heterocycles. The van der Waals surface area contributed by atoms with Crippen LogP contribution in [-0.2, 0) is 0 Å². The van der Waals surface area contributed by atoms with Crippen LogP contribution >= 0.6 is 11.6 Å². The van der Waals surface area contributed by atoms with E-state index in [4.69, 9.17) is 11.6 Å². The normalized spacial score (nSPS) is 23.6. The van der Waals surface area contributed by atoms with Crippen molar-refractivity contribution in [3.63, 3.8) is 0 Å². The molecule has 110 valence electrons. The monoisotopic (exact) mass is 304 g/mol. The zero-order valence-corrected chi connectivity index (χ0v) is 12.7. The third-order valence-corrected chi connectivity index (χ3v) is 4.74. The van der Waals surface area contributed by atoms with Crippen molar-refractivity contribution < 1.29 is 9.90 Å². The number of hydrogen-bond acceptors (Lipinski definition) is 3. The second-order valence-electron chi connectivity index (χ2n) is 6.12. The van der Waals surface area contributed by atoms with Crippen LogP contribution in [0.5, 0.6) is 0 Å². The first-order chi connectivity index (χ1) is 9.89. The molecule has 4 nitrogen and oxygen atoms in total. The van der Waals surface area contributed by atoms with Crippen molar-refractivity contribution >= 4 is 28.3 Å². The van der Waals surface area contributed by atoms with Crippen molar-refractivity contribution in [2.45, 2.75) is 32.4 Å². The number of aliphatic hydroxyl groups is 1. The van der Waals surface area contributed by atoms with Gasteiger partial charge in [-0.25, -0.2) is 4.98 Å². The van der Waals surface area contributed by atoms with Gasteiger partial charge in [0.15, 0.2) is 0 Å². The first-order valence-corrected chi connectivity index (χ1v) is 7.31. The average Bonchev–Trinajstić information content (AvgIpc) is 2.46. The van der Waals surface area contributed by atoms with Gasteiger partial charge < -0.3 is 10.4 Å². The van der Waals surface area contributed by atoms with Crippen molar-refractivity contribution in [2.75, 3.05) is 0 Å². The number of pyridine rings is 1. The molecule has 5 heteroatoms. The highest BCUT2D eigenvalue weighted by Gasteiger charge is 2.48. The van der Waals surface area contributed by atoms with Crippen LogP contribution in [0.2, 0.25) is 5.15 Å². The van der Waals surface area contributed by atoms with E-state index in [-0.39, 0.29) is 23.5 Å². The van der Waals surface area contributed by atoms with Gasteiger partial charge in [-0.3, -0.25) is 4.79 Å². The lowest BCUT2D eigenvalue weighted by molar-refractivity contribution is -0.0690. The molecule has 2 unspecified atom stereocenters. The van der Waals surface area contributed by atoms with Gasteiger partial charge in [-0.05, 0) is 17.9 Å². The molecule has 0 saturated heterocycles. The molecule has 2 atom stereocenters. The Hall–Kier alpha value is -1.65. The van der Waals surface area contributed by atoms with Gasteiger partial charge in [0.05, 0.1) is 6.10 Å². The summed E-state index contributed by atoms with van der Waals surface area (Å²) in [5, 5.41) is 14.7. The number of hydrogen-bond donors (Lipinski definition) is 2. The van der Waals surface area contributed by atoms with E-state index in [2.05, 4.69) is 10.3 Å². The summed E-state index contributed by atoms with van der Waals surface area (Å²) in [6.45, 7) is 3.87. The first-order valence-electron chi connectivity index (χ1n) is 6.94. The van der Waals surface area contributed by atoms with Gasteiger partial charge in [-0.1, -0.05) is 49.7 Å². The van der Waals surface area contributed by atoms with Crippen LogP contribution in [0, 0.1) is 5.41 Å². The summed E-state index contributed by atoms with van der Waals surface area (Å²) >= 11 is 6.14. The molecular formula is C16H17ClN2O2. The summed E-state index contributed by atoms with van der Waals surface area (Å²) in [5.41, 5.74) is -0.00747. The summed E-state index contributed by atoms with van der Waals surface area (Å²) < 4.78 is 0. The molecule has 1 aromatic carbocycles. The van der Waals surface area contributed by atoms with Gasteiger partial charge >= 0.3 is 0 Å². The summed E-state index contributed by atoms with van der Waals surface area (Å²) in [6, 6.07) is 9.24. The molecule has 3 rings (SSSR count). The maximum atomic E-state index is 12.3. The summed E-state index contributed by atoms with van der Waals surface area (Å²) in [4.78, 5) is 16.5. The van der Waals surface area contributed by atoms with E-state index in [0.717, 1.165) is 10.8 Å². The molecule has 0 radical (unpaired) electrons. The van der Waals surface area contributed by atoms with Crippen molar-refractivity contribution in [1.29, 1.82) is 0 Å². The number of carbonyl (C=O) groups excluding carboxylic acids is 1. The lowest BCUT2D eigenvalue weighted by Crippen LogP contribution is -2.61. The number of aromatic nitrogens is 1. The molecule has 1 heterocycles. The fraction of sp³-hybridized carbons (Fsp3) is 0.375. The zero-order chi connectivity index (χ0) is 15.2. The molecule has 21 heavy (non-hydrogen) atoms. The second kappa shape index (κ2) is 4.97. The fourth-order valence-corrected chi connectivity index (χ4v) is 2.92. The quantitative estimate of drug-likeness (QED) is 0.839. The Morgan fingerprint density at radius 2 is 2.14 bits per heavy atom. The van der Waals surface area contributed by atoms with Crippen molar-refractivity contribution in [1.82, 2.24) is 10.3 Å². The molecule has 1 fully saturated rings. The summed E-state index contributed by atoms with van der Waals surface area (Å²) in [7, 11) is 0. The van der Waals surface area contributed by atoms with Crippen molar-refractivity contribution in [2.24, 2.45) is 5.41 Å². The largest absolute Gasteiger partial charge is 0.392 e. The number of fused-ring (bicyclic) bond motifs is 1. The topological polar surface area (TPSA) is 62.2 Å². The van der Waals surface area contributed by atoms with E-state index in [1.807, 2.05) is 38.1 Å². The van der Waals surface area contributed by atoms with E-state index in [9.17, 15) is 9.90 Å². The van der Waals surface area contributed by atoms with Gasteiger partial charge in [0.2, 0.25) is 0 Å². The van der Waals surface area contributed by atoms with Crippen LogP contribution in [0.3, 0.4) is 0 Å². The third kappa shape index (κ3) is 2.39. The third-order valence-electron chi connectivity index (χ3n) is 4.45. The summed E-state index contributed by atoms with van der Waals surface area (Å²) in [5.74, 6) is -0.257. The Balaban J connectivity index is 1.86. The minimum absolute atomic E-state index is 0.0490. The predicted octanol–water partition coefficient (Wildman–Crippen LogP) is 2.78. The molecule has 1 amide bonds. The van der Waals surface area contributed by atoms with Gasteiger partial charge in [-0.15, -0.1) is 0 Å². The SMILES string of the molecule is CC1(C)C(O)CC1NC(=O)c1cc2ccccc2c(Cl)n1. The van der Waals surface area contributed by atoms with Crippen LogP contribution < -0.4 is 5.32 Å². The smallest absolute Gasteiger partial charge is 0.270 e. The number of nitrogens with zero attached hydrogens (tertiary/aromatic N) is 1. The standard InChI is InChI=1S/C16H17ClN2O2/c1-16(2)12(8-13(16)20)19-15(21)11-7-9-5-3-4-6-10(9)14(17)18-11/h3-7,12-13,20H,8H2,1-2H3,(H,19,21). The minimum Gasteiger partial charge on any atom is -0.392 e. The maximum Gasteiger partial charge on any atom is 0.270 e. The molecule has 0 spiro atoms. The van der Waals surface area contributed by atoms with E-state index >= 15 is 0 Å². The van der Waals surface area contributed by atoms with E-state index in [1.54, 1.807) is 6.07 Å². The predicted molar refractivity (Wildman–Crippen MR) is 82.4 cm³/mol. The van der Waals surface area contributed by atoms with Gasteiger partial charge in [0, 0.05) is 16.8 Å². The Morgan fingerprint density at radius 3 is 2.81 bits per heavy atom. The molecule has 1 aliphatic rings. The highest BCUT2D eigenvalue weighted by molar-refractivity contribution is 6.34. The fourth-order valence-electron chi connectivity index (χ4n) is 2.65. The van der Waals surface area contributed by atoms with Crippen LogP contribution in [0.15, 0.2) is 30.3 Å². The highest BCUT2D eigenvalue weighted by atomic mass is 35.5. The molecular weight excluding hydrogens is 288 g/mol. The Labute approximate surface area is 128 Å². The maximum absolute atomic E-state index is 12.3. The average molecular weight is 305 g/mol. The number of nitrogens with one attached hydrogen (secondary N) is 1. The Kier molecular flexibility index (Phi) is 3.38. The lowest BCUT2D eigenvalue weighted by atomic mass is 9.64. The Morgan fingerprint density at radius 1 is 1.43 bits per heavy atom. The number of halogens is 1. The van der Waals surface area contributed by atoms with Gasteiger partial charge in [-0.2, -0.15) is 0 Å². The van der Waals surface area contributed by atoms with Gasteiger partial charge in [0.25, 0.3) is 5.91 Å². The zero-order valence-electron chi connectivity index (χ0n) is 11.9. The van der Waals surface area contributed by atoms with Crippen LogP contribution in [0.4, 0.5) is 0 Å². The molecule has 1 aromatic heterocycles. The van der Waals surface area contributed by atoms with Crippen LogP contribution in [-0.4, -0.2) is 28.1 Å². The van der Waals surface area contributed by atoms with Crippen LogP contribution in [0.25, 0.3) is 10.8 Å². The number of carbonyl (C=O) groups is 1. The number of benzene rings is 1.